The predicted octanol–water partition coefficient (Wildman–Crippen LogP) is 4.24. The van der Waals surface area contributed by atoms with Crippen molar-refractivity contribution >= 4 is 45.7 Å². The highest BCUT2D eigenvalue weighted by Crippen LogP contribution is 2.33. The fourth-order valence-electron chi connectivity index (χ4n) is 6.96. The minimum absolute atomic E-state index is 0.0154. The molecule has 0 aliphatic carbocycles. The standard InChI is InChI=1S/C51H70F4N6O18S/c1-2-8-61(50(63)39-31-38-5-4-37(40-34-57-36-58-35-40)32-41(38)60-42(56)33-39)9-3-7-59-51(64)78-30-29-77-28-27-76-26-25-75-24-23-74-22-21-73-20-19-72-18-17-71-16-15-70-14-13-69-12-11-68-10-6-43(62)79-48-44(52)46(54)49(80(65,66)67)47(55)45(48)53/h4-5,31-32,34-36H,2-3,6-30,33H2,1H3,(H2,56,60)(H,59,64)(H,65,66,67). The molecule has 1 aliphatic heterocycles. The van der Waals surface area contributed by atoms with Gasteiger partial charge in [-0.25, -0.2) is 28.5 Å². The fourth-order valence-corrected chi connectivity index (χ4v) is 7.59. The third kappa shape index (κ3) is 25.7. The van der Waals surface area contributed by atoms with E-state index < -0.39 is 62.5 Å². The van der Waals surface area contributed by atoms with Crippen LogP contribution in [0.3, 0.4) is 0 Å². The monoisotopic (exact) mass is 1160 g/mol. The van der Waals surface area contributed by atoms with Crippen LogP contribution in [0.15, 0.2) is 52.4 Å². The summed E-state index contributed by atoms with van der Waals surface area (Å²) in [4.78, 5) is 49.9. The van der Waals surface area contributed by atoms with E-state index in [2.05, 4.69) is 25.0 Å². The number of aromatic nitrogens is 2. The van der Waals surface area contributed by atoms with Gasteiger partial charge < -0.3 is 72.8 Å². The zero-order valence-corrected chi connectivity index (χ0v) is 45.3. The summed E-state index contributed by atoms with van der Waals surface area (Å²) >= 11 is 0. The Hall–Kier alpha value is -5.83. The number of aliphatic imine (C=N–C) groups is 1. The van der Waals surface area contributed by atoms with E-state index in [9.17, 15) is 40.4 Å². The molecule has 0 unspecified atom stereocenters. The molecule has 0 atom stereocenters. The fraction of sp³-hybridized carbons (Fsp3) is 0.569. The van der Waals surface area contributed by atoms with Crippen LogP contribution in [0.5, 0.6) is 5.75 Å². The van der Waals surface area contributed by atoms with E-state index in [1.54, 1.807) is 17.3 Å². The first-order valence-corrected chi connectivity index (χ1v) is 27.1. The smallest absolute Gasteiger partial charge is 0.407 e. The van der Waals surface area contributed by atoms with Crippen LogP contribution >= 0.6 is 0 Å². The summed E-state index contributed by atoms with van der Waals surface area (Å²) < 4.78 is 150. The summed E-state index contributed by atoms with van der Waals surface area (Å²) in [7, 11) is -5.65. The molecule has 80 heavy (non-hydrogen) atoms. The van der Waals surface area contributed by atoms with Crippen molar-refractivity contribution in [3.8, 4) is 16.9 Å². The topological polar surface area (TPSA) is 296 Å². The lowest BCUT2D eigenvalue weighted by Gasteiger charge is -2.23. The van der Waals surface area contributed by atoms with E-state index in [1.807, 2.05) is 31.2 Å². The van der Waals surface area contributed by atoms with Crippen molar-refractivity contribution < 1.29 is 102 Å². The number of fused-ring (bicyclic) bond motifs is 1. The van der Waals surface area contributed by atoms with Gasteiger partial charge in [0.25, 0.3) is 0 Å². The van der Waals surface area contributed by atoms with Crippen LogP contribution in [-0.2, 0) is 71.8 Å². The molecule has 2 heterocycles. The Morgan fingerprint density at radius 3 is 1.57 bits per heavy atom. The second-order valence-electron chi connectivity index (χ2n) is 16.8. The summed E-state index contributed by atoms with van der Waals surface area (Å²) in [5.74, 6) is -12.5. The summed E-state index contributed by atoms with van der Waals surface area (Å²) in [6.07, 6.45) is 7.09. The van der Waals surface area contributed by atoms with Crippen LogP contribution in [-0.4, -0.2) is 210 Å². The number of rotatable bonds is 43. The maximum Gasteiger partial charge on any atom is 0.407 e. The van der Waals surface area contributed by atoms with Gasteiger partial charge in [0.2, 0.25) is 23.3 Å². The Morgan fingerprint density at radius 2 is 1.11 bits per heavy atom. The zero-order chi connectivity index (χ0) is 57.8. The average molecular weight is 1160 g/mol. The SMILES string of the molecule is CCCN(CCCNC(=O)OCCOCCOCCOCCOCCOCCOCCOCCOCCOCCOCCC(=O)Oc1c(F)c(F)c(S(=O)(=O)O)c(F)c1F)C(=O)C1=Cc2ccc(-c3cncnc3)cc2N=C(N)C1. The second kappa shape index (κ2) is 38.8. The lowest BCUT2D eigenvalue weighted by molar-refractivity contribution is -0.136. The van der Waals surface area contributed by atoms with E-state index in [0.29, 0.717) is 136 Å². The van der Waals surface area contributed by atoms with Crippen LogP contribution < -0.4 is 15.8 Å². The van der Waals surface area contributed by atoms with Crippen LogP contribution in [0.4, 0.5) is 28.0 Å². The molecular formula is C51H70F4N6O18S. The Kier molecular flexibility index (Phi) is 32.3. The number of nitrogens with two attached hydrogens (primary N) is 1. The number of esters is 1. The van der Waals surface area contributed by atoms with Crippen LogP contribution in [0.2, 0.25) is 0 Å². The van der Waals surface area contributed by atoms with E-state index in [1.165, 1.54) is 6.33 Å². The number of carbonyl (C=O) groups is 3. The first-order valence-electron chi connectivity index (χ1n) is 25.7. The van der Waals surface area contributed by atoms with Gasteiger partial charge in [0.1, 0.15) is 18.8 Å². The van der Waals surface area contributed by atoms with Crippen molar-refractivity contribution in [2.75, 3.05) is 158 Å². The number of ether oxygens (including phenoxy) is 12. The molecule has 1 aliphatic rings. The molecule has 0 fully saturated rings. The molecule has 0 bridgehead atoms. The highest BCUT2D eigenvalue weighted by Gasteiger charge is 2.34. The maximum absolute atomic E-state index is 14.0. The predicted molar refractivity (Wildman–Crippen MR) is 277 cm³/mol. The second-order valence-corrected chi connectivity index (χ2v) is 18.2. The average Bonchev–Trinajstić information content (AvgIpc) is 3.74. The number of hydrogen-bond donors (Lipinski definition) is 3. The number of nitrogens with zero attached hydrogens (tertiary/aromatic N) is 4. The highest BCUT2D eigenvalue weighted by atomic mass is 32.2. The van der Waals surface area contributed by atoms with E-state index >= 15 is 0 Å². The quantitative estimate of drug-likeness (QED) is 0.0178. The van der Waals surface area contributed by atoms with Gasteiger partial charge in [0.05, 0.1) is 144 Å². The normalized spacial score (nSPS) is 12.4. The molecule has 0 saturated heterocycles. The molecular weight excluding hydrogens is 1090 g/mol. The molecule has 1 aromatic heterocycles. The first kappa shape index (κ1) is 66.7. The van der Waals surface area contributed by atoms with Gasteiger partial charge >= 0.3 is 22.2 Å². The van der Waals surface area contributed by atoms with Crippen LogP contribution in [0.25, 0.3) is 17.2 Å². The Labute approximate surface area is 461 Å². The van der Waals surface area contributed by atoms with Crippen molar-refractivity contribution in [3.63, 3.8) is 0 Å². The highest BCUT2D eigenvalue weighted by molar-refractivity contribution is 7.85. The number of nitrogens with one attached hydrogen (secondary N) is 1. The molecule has 2 amide bonds. The van der Waals surface area contributed by atoms with Crippen molar-refractivity contribution in [2.24, 2.45) is 10.7 Å². The van der Waals surface area contributed by atoms with Gasteiger partial charge in [-0.2, -0.15) is 17.2 Å². The Morgan fingerprint density at radius 1 is 0.650 bits per heavy atom. The summed E-state index contributed by atoms with van der Waals surface area (Å²) in [6.45, 7) is 9.03. The third-order valence-corrected chi connectivity index (χ3v) is 11.6. The van der Waals surface area contributed by atoms with Crippen LogP contribution in [0, 0.1) is 23.3 Å². The summed E-state index contributed by atoms with van der Waals surface area (Å²) in [6, 6.07) is 5.74. The molecule has 2 aromatic carbocycles. The lowest BCUT2D eigenvalue weighted by Crippen LogP contribution is -2.36. The van der Waals surface area contributed by atoms with Gasteiger partial charge in [-0.05, 0) is 30.5 Å². The number of alkyl carbamates (subject to hydrolysis) is 1. The Bertz CT molecular complexity index is 2490. The van der Waals surface area contributed by atoms with Gasteiger partial charge in [-0.3, -0.25) is 14.1 Å². The van der Waals surface area contributed by atoms with Crippen molar-refractivity contribution in [2.45, 2.75) is 37.5 Å². The van der Waals surface area contributed by atoms with Gasteiger partial charge in [0, 0.05) is 55.1 Å². The maximum atomic E-state index is 14.0. The number of hydrogen-bond acceptors (Lipinski definition) is 21. The van der Waals surface area contributed by atoms with E-state index in [0.717, 1.165) is 23.1 Å². The molecule has 0 saturated carbocycles. The molecule has 0 radical (unpaired) electrons. The minimum Gasteiger partial charge on any atom is -0.447 e. The number of benzene rings is 2. The van der Waals surface area contributed by atoms with Crippen molar-refractivity contribution in [1.82, 2.24) is 20.2 Å². The first-order chi connectivity index (χ1) is 38.7. The van der Waals surface area contributed by atoms with E-state index in [-0.39, 0.29) is 58.6 Å². The largest absolute Gasteiger partial charge is 0.447 e. The molecule has 4 rings (SSSR count). The molecule has 0 spiro atoms. The molecule has 3 aromatic rings. The number of carbonyl (C=O) groups excluding carboxylic acids is 3. The number of halogens is 4. The summed E-state index contributed by atoms with van der Waals surface area (Å²) in [5, 5.41) is 2.72. The van der Waals surface area contributed by atoms with Gasteiger partial charge in [-0.15, -0.1) is 0 Å². The zero-order valence-electron chi connectivity index (χ0n) is 44.5. The minimum atomic E-state index is -5.65. The molecule has 29 heteroatoms. The van der Waals surface area contributed by atoms with Gasteiger partial charge in [-0.1, -0.05) is 19.1 Å². The number of amidine groups is 1. The number of amides is 2. The lowest BCUT2D eigenvalue weighted by atomic mass is 10.0. The molecule has 446 valence electrons. The summed E-state index contributed by atoms with van der Waals surface area (Å²) in [5.41, 5.74) is 9.98. The van der Waals surface area contributed by atoms with Crippen molar-refractivity contribution in [3.05, 3.63) is 71.3 Å². The molecule has 4 N–H and O–H groups in total. The van der Waals surface area contributed by atoms with E-state index in [4.69, 9.17) is 62.4 Å². The van der Waals surface area contributed by atoms with Crippen molar-refractivity contribution in [1.29, 1.82) is 0 Å². The Balaban J connectivity index is 0.838. The van der Waals surface area contributed by atoms with Gasteiger partial charge in [0.15, 0.2) is 16.5 Å². The third-order valence-electron chi connectivity index (χ3n) is 10.7. The molecule has 24 nitrogen and oxygen atoms in total. The van der Waals surface area contributed by atoms with Crippen LogP contribution in [0.1, 0.15) is 38.2 Å².